The third-order valence-corrected chi connectivity index (χ3v) is 5.67. The first-order chi connectivity index (χ1) is 11.3. The Kier molecular flexibility index (Phi) is 6.20. The van der Waals surface area contributed by atoms with E-state index in [1.165, 1.54) is 18.2 Å². The molecule has 1 aliphatic rings. The maximum atomic E-state index is 12.1. The fourth-order valence-electron chi connectivity index (χ4n) is 2.68. The van der Waals surface area contributed by atoms with E-state index >= 15 is 0 Å². The number of benzene rings is 1. The summed E-state index contributed by atoms with van der Waals surface area (Å²) in [5.41, 5.74) is 0. The number of amides is 1. The molecular formula is C15H19ClN2O5S. The Morgan fingerprint density at radius 2 is 1.92 bits per heavy atom. The number of halogens is 1. The minimum absolute atomic E-state index is 0.0374. The molecule has 0 radical (unpaired) electrons. The Balaban J connectivity index is 1.76. The summed E-state index contributed by atoms with van der Waals surface area (Å²) in [7, 11) is -3.68. The Morgan fingerprint density at radius 1 is 1.21 bits per heavy atom. The van der Waals surface area contributed by atoms with Crippen LogP contribution >= 0.6 is 11.6 Å². The van der Waals surface area contributed by atoms with Gasteiger partial charge in [0.1, 0.15) is 0 Å². The molecule has 132 valence electrons. The highest BCUT2D eigenvalue weighted by Gasteiger charge is 2.33. The lowest BCUT2D eigenvalue weighted by atomic mass is 10.0. The number of carboxylic acids is 1. The van der Waals surface area contributed by atoms with E-state index in [1.54, 1.807) is 6.07 Å². The molecule has 0 aromatic heterocycles. The Labute approximate surface area is 145 Å². The van der Waals surface area contributed by atoms with Gasteiger partial charge in [-0.15, -0.1) is 0 Å². The van der Waals surface area contributed by atoms with Crippen molar-refractivity contribution in [2.45, 2.75) is 24.2 Å². The van der Waals surface area contributed by atoms with E-state index in [1.807, 2.05) is 0 Å². The summed E-state index contributed by atoms with van der Waals surface area (Å²) >= 11 is 5.77. The van der Waals surface area contributed by atoms with Crippen molar-refractivity contribution in [3.63, 3.8) is 0 Å². The molecule has 1 aliphatic carbocycles. The molecule has 9 heteroatoms. The summed E-state index contributed by atoms with van der Waals surface area (Å²) in [6.07, 6.45) is 1.36. The molecular weight excluding hydrogens is 356 g/mol. The van der Waals surface area contributed by atoms with E-state index in [2.05, 4.69) is 10.0 Å². The molecule has 1 aromatic carbocycles. The number of hydrogen-bond donors (Lipinski definition) is 3. The van der Waals surface area contributed by atoms with Crippen LogP contribution in [0.25, 0.3) is 0 Å². The standard InChI is InChI=1S/C15H19ClN2O5S/c16-12-2-1-3-13(9-12)24(22,23)18-7-6-17-14(19)10-4-5-11(8-10)15(20)21/h1-3,9-11,18H,4-8H2,(H,17,19)(H,20,21)/t10-,11+/m0/s1. The SMILES string of the molecule is O=C(O)[C@@H]1CC[C@H](C(=O)NCCNS(=O)(=O)c2cccc(Cl)c2)C1. The molecule has 0 heterocycles. The average molecular weight is 375 g/mol. The van der Waals surface area contributed by atoms with Gasteiger partial charge in [-0.05, 0) is 37.5 Å². The molecule has 2 rings (SSSR count). The number of rotatable bonds is 7. The van der Waals surface area contributed by atoms with Crippen molar-refractivity contribution in [1.82, 2.24) is 10.0 Å². The highest BCUT2D eigenvalue weighted by atomic mass is 35.5. The van der Waals surface area contributed by atoms with Gasteiger partial charge >= 0.3 is 5.97 Å². The van der Waals surface area contributed by atoms with Gasteiger partial charge in [-0.25, -0.2) is 13.1 Å². The molecule has 24 heavy (non-hydrogen) atoms. The minimum Gasteiger partial charge on any atom is -0.481 e. The summed E-state index contributed by atoms with van der Waals surface area (Å²) in [5, 5.41) is 11.9. The van der Waals surface area contributed by atoms with Crippen LogP contribution < -0.4 is 10.0 Å². The van der Waals surface area contributed by atoms with E-state index in [9.17, 15) is 18.0 Å². The molecule has 0 unspecified atom stereocenters. The highest BCUT2D eigenvalue weighted by molar-refractivity contribution is 7.89. The fraction of sp³-hybridized carbons (Fsp3) is 0.467. The zero-order chi connectivity index (χ0) is 17.7. The van der Waals surface area contributed by atoms with Gasteiger partial charge in [-0.3, -0.25) is 9.59 Å². The Morgan fingerprint density at radius 3 is 2.54 bits per heavy atom. The zero-order valence-electron chi connectivity index (χ0n) is 12.9. The molecule has 3 N–H and O–H groups in total. The van der Waals surface area contributed by atoms with Crippen molar-refractivity contribution in [2.75, 3.05) is 13.1 Å². The van der Waals surface area contributed by atoms with Crippen LogP contribution in [0.1, 0.15) is 19.3 Å². The summed E-state index contributed by atoms with van der Waals surface area (Å²) in [6.45, 7) is 0.169. The lowest BCUT2D eigenvalue weighted by Crippen LogP contribution is -2.37. The van der Waals surface area contributed by atoms with E-state index in [0.717, 1.165) is 0 Å². The molecule has 1 aromatic rings. The number of carbonyl (C=O) groups is 2. The number of sulfonamides is 1. The van der Waals surface area contributed by atoms with Gasteiger partial charge in [0.15, 0.2) is 0 Å². The molecule has 1 saturated carbocycles. The first-order valence-electron chi connectivity index (χ1n) is 7.55. The molecule has 2 atom stereocenters. The number of hydrogen-bond acceptors (Lipinski definition) is 4. The van der Waals surface area contributed by atoms with Crippen LogP contribution in [-0.4, -0.2) is 38.5 Å². The monoisotopic (exact) mass is 374 g/mol. The van der Waals surface area contributed by atoms with Crippen molar-refractivity contribution < 1.29 is 23.1 Å². The maximum absolute atomic E-state index is 12.1. The second-order valence-electron chi connectivity index (χ2n) is 5.69. The zero-order valence-corrected chi connectivity index (χ0v) is 14.4. The average Bonchev–Trinajstić information content (AvgIpc) is 3.02. The molecule has 1 amide bonds. The van der Waals surface area contributed by atoms with Crippen molar-refractivity contribution in [3.05, 3.63) is 29.3 Å². The lowest BCUT2D eigenvalue weighted by molar-refractivity contribution is -0.141. The topological polar surface area (TPSA) is 113 Å². The van der Waals surface area contributed by atoms with Crippen molar-refractivity contribution >= 4 is 33.5 Å². The van der Waals surface area contributed by atoms with Gasteiger partial charge in [0.05, 0.1) is 10.8 Å². The molecule has 0 saturated heterocycles. The largest absolute Gasteiger partial charge is 0.481 e. The van der Waals surface area contributed by atoms with Gasteiger partial charge in [-0.2, -0.15) is 0 Å². The highest BCUT2D eigenvalue weighted by Crippen LogP contribution is 2.30. The second kappa shape index (κ2) is 7.96. The van der Waals surface area contributed by atoms with Gasteiger partial charge in [0.2, 0.25) is 15.9 Å². The summed E-state index contributed by atoms with van der Waals surface area (Å²) in [4.78, 5) is 22.9. The molecule has 0 bridgehead atoms. The number of nitrogens with one attached hydrogen (secondary N) is 2. The Bertz CT molecular complexity index is 722. The maximum Gasteiger partial charge on any atom is 0.306 e. The third kappa shape index (κ3) is 4.93. The van der Waals surface area contributed by atoms with Crippen LogP contribution in [0, 0.1) is 11.8 Å². The normalized spacial score (nSPS) is 20.7. The predicted octanol–water partition coefficient (Wildman–Crippen LogP) is 1.24. The predicted molar refractivity (Wildman–Crippen MR) is 88.1 cm³/mol. The number of carboxylic acid groups (broad SMARTS) is 1. The summed E-state index contributed by atoms with van der Waals surface area (Å²) in [6, 6.07) is 5.88. The third-order valence-electron chi connectivity index (χ3n) is 3.98. The van der Waals surface area contributed by atoms with E-state index in [0.29, 0.717) is 24.3 Å². The molecule has 1 fully saturated rings. The number of carbonyl (C=O) groups excluding carboxylic acids is 1. The first-order valence-corrected chi connectivity index (χ1v) is 9.41. The summed E-state index contributed by atoms with van der Waals surface area (Å²) in [5.74, 6) is -1.90. The van der Waals surface area contributed by atoms with Crippen LogP contribution in [-0.2, 0) is 19.6 Å². The van der Waals surface area contributed by atoms with Gasteiger partial charge in [-0.1, -0.05) is 17.7 Å². The summed E-state index contributed by atoms with van der Waals surface area (Å²) < 4.78 is 26.5. The van der Waals surface area contributed by atoms with Crippen LogP contribution in [0.3, 0.4) is 0 Å². The number of aliphatic carboxylic acids is 1. The first kappa shape index (κ1) is 18.7. The molecule has 0 aliphatic heterocycles. The van der Waals surface area contributed by atoms with E-state index in [4.69, 9.17) is 16.7 Å². The van der Waals surface area contributed by atoms with Crippen molar-refractivity contribution in [2.24, 2.45) is 11.8 Å². The van der Waals surface area contributed by atoms with Crippen LogP contribution in [0.2, 0.25) is 5.02 Å². The fourth-order valence-corrected chi connectivity index (χ4v) is 4.01. The Hall–Kier alpha value is -1.64. The van der Waals surface area contributed by atoms with Crippen molar-refractivity contribution in [3.8, 4) is 0 Å². The smallest absolute Gasteiger partial charge is 0.306 e. The minimum atomic E-state index is -3.68. The van der Waals surface area contributed by atoms with Gasteiger partial charge in [0.25, 0.3) is 0 Å². The molecule has 7 nitrogen and oxygen atoms in total. The van der Waals surface area contributed by atoms with Crippen LogP contribution in [0.5, 0.6) is 0 Å². The molecule has 0 spiro atoms. The van der Waals surface area contributed by atoms with E-state index < -0.39 is 21.9 Å². The van der Waals surface area contributed by atoms with Crippen LogP contribution in [0.15, 0.2) is 29.2 Å². The second-order valence-corrected chi connectivity index (χ2v) is 7.89. The van der Waals surface area contributed by atoms with Crippen LogP contribution in [0.4, 0.5) is 0 Å². The van der Waals surface area contributed by atoms with Gasteiger partial charge in [0, 0.05) is 24.0 Å². The van der Waals surface area contributed by atoms with Gasteiger partial charge < -0.3 is 10.4 Å². The van der Waals surface area contributed by atoms with E-state index in [-0.39, 0.29) is 29.8 Å². The lowest BCUT2D eigenvalue weighted by Gasteiger charge is -2.11. The van der Waals surface area contributed by atoms with Crippen molar-refractivity contribution in [1.29, 1.82) is 0 Å². The quantitative estimate of drug-likeness (QED) is 0.621.